The maximum absolute atomic E-state index is 12.4. The summed E-state index contributed by atoms with van der Waals surface area (Å²) in [5.41, 5.74) is 1.26. The standard InChI is InChI=1S/C20H29N3O2/c24-19(21-16-9-3-1-4-10-16)15-8-7-13-18(14-15)23-20(25)22-17-11-5-2-6-12-17/h7-8,13-14,16-17H,1-6,9-12H2,(H,21,24)(H2,22,23,25). The predicted octanol–water partition coefficient (Wildman–Crippen LogP) is 4.20. The Labute approximate surface area is 150 Å². The summed E-state index contributed by atoms with van der Waals surface area (Å²) in [6.45, 7) is 0. The van der Waals surface area contributed by atoms with Crippen molar-refractivity contribution in [1.29, 1.82) is 0 Å². The lowest BCUT2D eigenvalue weighted by Gasteiger charge is -2.23. The largest absolute Gasteiger partial charge is 0.349 e. The molecule has 0 aromatic heterocycles. The molecule has 2 fully saturated rings. The molecule has 1 aromatic carbocycles. The SMILES string of the molecule is O=C(Nc1cccc(C(=O)NC2CCCCC2)c1)NC1CCCCC1. The van der Waals surface area contributed by atoms with Gasteiger partial charge in [-0.25, -0.2) is 4.79 Å². The number of benzene rings is 1. The van der Waals surface area contributed by atoms with Crippen LogP contribution in [-0.4, -0.2) is 24.0 Å². The fourth-order valence-electron chi connectivity index (χ4n) is 3.85. The van der Waals surface area contributed by atoms with Crippen molar-refractivity contribution in [3.8, 4) is 0 Å². The van der Waals surface area contributed by atoms with Crippen molar-refractivity contribution in [2.45, 2.75) is 76.3 Å². The molecule has 2 aliphatic carbocycles. The fourth-order valence-corrected chi connectivity index (χ4v) is 3.85. The molecular formula is C20H29N3O2. The summed E-state index contributed by atoms with van der Waals surface area (Å²) >= 11 is 0. The van der Waals surface area contributed by atoms with Crippen molar-refractivity contribution in [2.75, 3.05) is 5.32 Å². The number of nitrogens with one attached hydrogen (secondary N) is 3. The molecule has 5 nitrogen and oxygen atoms in total. The normalized spacial score (nSPS) is 19.2. The molecule has 2 aliphatic rings. The fraction of sp³-hybridized carbons (Fsp3) is 0.600. The van der Waals surface area contributed by atoms with Crippen molar-refractivity contribution in [3.63, 3.8) is 0 Å². The van der Waals surface area contributed by atoms with Crippen molar-refractivity contribution < 1.29 is 9.59 Å². The van der Waals surface area contributed by atoms with Crippen LogP contribution in [0.15, 0.2) is 24.3 Å². The first kappa shape index (κ1) is 17.8. The van der Waals surface area contributed by atoms with Crippen LogP contribution in [0.4, 0.5) is 10.5 Å². The van der Waals surface area contributed by atoms with Gasteiger partial charge in [-0.1, -0.05) is 44.6 Å². The molecule has 0 unspecified atom stereocenters. The molecule has 0 atom stereocenters. The van der Waals surface area contributed by atoms with Gasteiger partial charge in [0, 0.05) is 23.3 Å². The van der Waals surface area contributed by atoms with E-state index in [0.29, 0.717) is 11.3 Å². The van der Waals surface area contributed by atoms with E-state index >= 15 is 0 Å². The topological polar surface area (TPSA) is 70.2 Å². The molecule has 0 saturated heterocycles. The van der Waals surface area contributed by atoms with E-state index in [0.717, 1.165) is 25.7 Å². The molecule has 0 aliphatic heterocycles. The first-order chi connectivity index (χ1) is 12.2. The monoisotopic (exact) mass is 343 g/mol. The Balaban J connectivity index is 1.53. The summed E-state index contributed by atoms with van der Waals surface area (Å²) in [4.78, 5) is 24.6. The van der Waals surface area contributed by atoms with E-state index in [9.17, 15) is 9.59 Å². The lowest BCUT2D eigenvalue weighted by molar-refractivity contribution is 0.0927. The zero-order valence-corrected chi connectivity index (χ0v) is 14.9. The highest BCUT2D eigenvalue weighted by Crippen LogP contribution is 2.19. The quantitative estimate of drug-likeness (QED) is 0.766. The molecule has 3 amide bonds. The van der Waals surface area contributed by atoms with E-state index in [4.69, 9.17) is 0 Å². The molecule has 0 radical (unpaired) electrons. The number of amides is 3. The number of hydrogen-bond donors (Lipinski definition) is 3. The second kappa shape index (κ2) is 8.88. The van der Waals surface area contributed by atoms with Gasteiger partial charge in [-0.2, -0.15) is 0 Å². The third kappa shape index (κ3) is 5.48. The van der Waals surface area contributed by atoms with E-state index in [1.54, 1.807) is 12.1 Å². The van der Waals surface area contributed by atoms with Gasteiger partial charge in [0.1, 0.15) is 0 Å². The first-order valence-corrected chi connectivity index (χ1v) is 9.69. The Hall–Kier alpha value is -2.04. The molecule has 136 valence electrons. The maximum Gasteiger partial charge on any atom is 0.319 e. The molecule has 0 bridgehead atoms. The third-order valence-electron chi connectivity index (χ3n) is 5.26. The van der Waals surface area contributed by atoms with Crippen LogP contribution in [0.5, 0.6) is 0 Å². The third-order valence-corrected chi connectivity index (χ3v) is 5.26. The minimum atomic E-state index is -0.184. The van der Waals surface area contributed by atoms with E-state index in [-0.39, 0.29) is 24.0 Å². The van der Waals surface area contributed by atoms with E-state index in [2.05, 4.69) is 16.0 Å². The Morgan fingerprint density at radius 2 is 1.40 bits per heavy atom. The van der Waals surface area contributed by atoms with Gasteiger partial charge in [0.05, 0.1) is 0 Å². The van der Waals surface area contributed by atoms with Gasteiger partial charge in [-0.15, -0.1) is 0 Å². The molecule has 3 rings (SSSR count). The Kier molecular flexibility index (Phi) is 6.31. The van der Waals surface area contributed by atoms with Gasteiger partial charge >= 0.3 is 6.03 Å². The summed E-state index contributed by atoms with van der Waals surface area (Å²) in [6.07, 6.45) is 11.5. The van der Waals surface area contributed by atoms with Crippen LogP contribution < -0.4 is 16.0 Å². The highest BCUT2D eigenvalue weighted by molar-refractivity contribution is 5.97. The Morgan fingerprint density at radius 3 is 2.04 bits per heavy atom. The molecule has 0 heterocycles. The van der Waals surface area contributed by atoms with E-state index in [1.807, 2.05) is 12.1 Å². The van der Waals surface area contributed by atoms with Gasteiger partial charge in [-0.05, 0) is 43.9 Å². The van der Waals surface area contributed by atoms with E-state index in [1.165, 1.54) is 38.5 Å². The lowest BCUT2D eigenvalue weighted by Crippen LogP contribution is -2.39. The van der Waals surface area contributed by atoms with Crippen LogP contribution in [0.2, 0.25) is 0 Å². The van der Waals surface area contributed by atoms with Crippen LogP contribution in [0.3, 0.4) is 0 Å². The number of hydrogen-bond acceptors (Lipinski definition) is 2. The summed E-state index contributed by atoms with van der Waals surface area (Å²) in [6, 6.07) is 7.54. The molecule has 3 N–H and O–H groups in total. The molecule has 1 aromatic rings. The van der Waals surface area contributed by atoms with Crippen LogP contribution >= 0.6 is 0 Å². The molecule has 25 heavy (non-hydrogen) atoms. The minimum Gasteiger partial charge on any atom is -0.349 e. The summed E-state index contributed by atoms with van der Waals surface area (Å²) in [5.74, 6) is -0.0526. The second-order valence-corrected chi connectivity index (χ2v) is 7.32. The lowest BCUT2D eigenvalue weighted by atomic mass is 9.95. The van der Waals surface area contributed by atoms with Crippen LogP contribution in [0, 0.1) is 0 Å². The number of carbonyl (C=O) groups excluding carboxylic acids is 2. The summed E-state index contributed by atoms with van der Waals surface area (Å²) < 4.78 is 0. The average Bonchev–Trinajstić information content (AvgIpc) is 2.63. The van der Waals surface area contributed by atoms with Crippen molar-refractivity contribution in [1.82, 2.24) is 10.6 Å². The Morgan fingerprint density at radius 1 is 0.800 bits per heavy atom. The minimum absolute atomic E-state index is 0.0526. The Bertz CT molecular complexity index is 590. The van der Waals surface area contributed by atoms with Crippen LogP contribution in [-0.2, 0) is 0 Å². The number of urea groups is 1. The highest BCUT2D eigenvalue weighted by atomic mass is 16.2. The first-order valence-electron chi connectivity index (χ1n) is 9.69. The molecule has 2 saturated carbocycles. The zero-order valence-electron chi connectivity index (χ0n) is 14.9. The van der Waals surface area contributed by atoms with Gasteiger partial charge in [0.25, 0.3) is 5.91 Å². The number of anilines is 1. The average molecular weight is 343 g/mol. The number of carbonyl (C=O) groups is 2. The van der Waals surface area contributed by atoms with Crippen molar-refractivity contribution >= 4 is 17.6 Å². The molecular weight excluding hydrogens is 314 g/mol. The summed E-state index contributed by atoms with van der Waals surface area (Å²) in [7, 11) is 0. The van der Waals surface area contributed by atoms with Gasteiger partial charge in [0.2, 0.25) is 0 Å². The maximum atomic E-state index is 12.4. The van der Waals surface area contributed by atoms with Gasteiger partial charge in [-0.3, -0.25) is 4.79 Å². The van der Waals surface area contributed by atoms with Crippen LogP contribution in [0.1, 0.15) is 74.6 Å². The summed E-state index contributed by atoms with van der Waals surface area (Å²) in [5, 5.41) is 9.00. The smallest absolute Gasteiger partial charge is 0.319 e. The van der Waals surface area contributed by atoms with Gasteiger partial charge in [0.15, 0.2) is 0 Å². The number of rotatable bonds is 4. The predicted molar refractivity (Wildman–Crippen MR) is 99.8 cm³/mol. The van der Waals surface area contributed by atoms with Gasteiger partial charge < -0.3 is 16.0 Å². The zero-order chi connectivity index (χ0) is 17.5. The van der Waals surface area contributed by atoms with Crippen molar-refractivity contribution in [2.24, 2.45) is 0 Å². The van der Waals surface area contributed by atoms with E-state index < -0.39 is 0 Å². The molecule has 5 heteroatoms. The molecule has 0 spiro atoms. The van der Waals surface area contributed by atoms with Crippen LogP contribution in [0.25, 0.3) is 0 Å². The highest BCUT2D eigenvalue weighted by Gasteiger charge is 2.18. The second-order valence-electron chi connectivity index (χ2n) is 7.32. The van der Waals surface area contributed by atoms with Crippen molar-refractivity contribution in [3.05, 3.63) is 29.8 Å².